The molecule has 5 N–H and O–H groups in total. The molecular formula is C26H34N4O7. The molecule has 2 aromatic carbocycles. The molecule has 11 nitrogen and oxygen atoms in total. The van der Waals surface area contributed by atoms with Crippen LogP contribution in [0.3, 0.4) is 0 Å². The first-order valence-corrected chi connectivity index (χ1v) is 11.0. The number of benzene rings is 2. The number of rotatable bonds is 8. The van der Waals surface area contributed by atoms with Crippen molar-refractivity contribution < 1.29 is 33.3 Å². The Morgan fingerprint density at radius 3 is 1.95 bits per heavy atom. The first-order chi connectivity index (χ1) is 17.4. The highest BCUT2D eigenvalue weighted by Gasteiger charge is 2.16. The second-order valence-corrected chi connectivity index (χ2v) is 8.41. The molecular weight excluding hydrogens is 480 g/mol. The van der Waals surface area contributed by atoms with Crippen LogP contribution < -0.4 is 35.7 Å². The summed E-state index contributed by atoms with van der Waals surface area (Å²) in [5.74, 6) is 1.42. The summed E-state index contributed by atoms with van der Waals surface area (Å²) in [6.45, 7) is 5.00. The number of alkyl carbamates (subject to hydrolysis) is 1. The van der Waals surface area contributed by atoms with Gasteiger partial charge in [-0.1, -0.05) is 6.07 Å². The van der Waals surface area contributed by atoms with E-state index >= 15 is 0 Å². The third kappa shape index (κ3) is 9.89. The van der Waals surface area contributed by atoms with Crippen molar-refractivity contribution in [2.75, 3.05) is 40.7 Å². The van der Waals surface area contributed by atoms with E-state index in [-0.39, 0.29) is 6.54 Å². The van der Waals surface area contributed by atoms with Gasteiger partial charge in [0.25, 0.3) is 0 Å². The Bertz CT molecular complexity index is 1140. The maximum absolute atomic E-state index is 10.8. The zero-order valence-corrected chi connectivity index (χ0v) is 22.1. The van der Waals surface area contributed by atoms with Gasteiger partial charge in [0, 0.05) is 0 Å². The van der Waals surface area contributed by atoms with Crippen molar-refractivity contribution in [3.63, 3.8) is 0 Å². The summed E-state index contributed by atoms with van der Waals surface area (Å²) >= 11 is 0. The summed E-state index contributed by atoms with van der Waals surface area (Å²) in [6, 6.07) is 11.0. The molecule has 0 heterocycles. The molecule has 0 radical (unpaired) electrons. The number of anilines is 1. The van der Waals surface area contributed by atoms with Crippen LogP contribution in [0.4, 0.5) is 10.5 Å². The third-order valence-corrected chi connectivity index (χ3v) is 4.47. The zero-order chi connectivity index (χ0) is 28.2. The largest absolute Gasteiger partial charge is 0.495 e. The Morgan fingerprint density at radius 2 is 1.54 bits per heavy atom. The number of amides is 2. The molecule has 0 spiro atoms. The SMILES string of the molecule is CC(C)(C)OC(=O)NCC(N)=O.COc1ccc(C=C(C#N)c2cc(OC)c(OC)c(OC)c2)cc1N. The molecule has 2 aromatic rings. The third-order valence-electron chi connectivity index (χ3n) is 4.47. The van der Waals surface area contributed by atoms with Crippen molar-refractivity contribution in [3.8, 4) is 29.1 Å². The lowest BCUT2D eigenvalue weighted by Crippen LogP contribution is -2.37. The summed E-state index contributed by atoms with van der Waals surface area (Å²) in [5, 5.41) is 11.8. The predicted molar refractivity (Wildman–Crippen MR) is 140 cm³/mol. The number of methoxy groups -OCH3 is 4. The molecule has 0 fully saturated rings. The molecule has 37 heavy (non-hydrogen) atoms. The highest BCUT2D eigenvalue weighted by atomic mass is 16.6. The van der Waals surface area contributed by atoms with Gasteiger partial charge in [0.2, 0.25) is 11.7 Å². The monoisotopic (exact) mass is 514 g/mol. The fraction of sp³-hybridized carbons (Fsp3) is 0.346. The maximum atomic E-state index is 10.8. The second kappa shape index (κ2) is 14.1. The summed E-state index contributed by atoms with van der Waals surface area (Å²) in [6.07, 6.45) is 1.09. The molecule has 0 aromatic heterocycles. The van der Waals surface area contributed by atoms with Gasteiger partial charge >= 0.3 is 6.09 Å². The molecule has 0 aliphatic rings. The summed E-state index contributed by atoms with van der Waals surface area (Å²) in [7, 11) is 6.14. The molecule has 0 unspecified atom stereocenters. The summed E-state index contributed by atoms with van der Waals surface area (Å²) in [5.41, 5.74) is 12.5. The van der Waals surface area contributed by atoms with Crippen molar-refractivity contribution in [3.05, 3.63) is 41.5 Å². The smallest absolute Gasteiger partial charge is 0.408 e. The van der Waals surface area contributed by atoms with Crippen molar-refractivity contribution >= 4 is 29.3 Å². The lowest BCUT2D eigenvalue weighted by molar-refractivity contribution is -0.117. The number of carbonyl (C=O) groups excluding carboxylic acids is 2. The molecule has 0 saturated carbocycles. The minimum atomic E-state index is -0.638. The number of hydrogen-bond acceptors (Lipinski definition) is 9. The molecule has 0 aliphatic carbocycles. The van der Waals surface area contributed by atoms with Crippen molar-refractivity contribution in [2.24, 2.45) is 5.73 Å². The maximum Gasteiger partial charge on any atom is 0.408 e. The highest BCUT2D eigenvalue weighted by Crippen LogP contribution is 2.40. The van der Waals surface area contributed by atoms with E-state index in [9.17, 15) is 14.9 Å². The molecule has 11 heteroatoms. The Hall–Kier alpha value is -4.59. The number of hydrogen-bond donors (Lipinski definition) is 3. The van der Waals surface area contributed by atoms with Crippen LogP contribution in [0.1, 0.15) is 31.9 Å². The molecule has 0 saturated heterocycles. The first kappa shape index (κ1) is 30.4. The molecule has 0 aliphatic heterocycles. The molecule has 200 valence electrons. The number of nitrogen functional groups attached to an aromatic ring is 1. The van der Waals surface area contributed by atoms with E-state index in [1.54, 1.807) is 58.2 Å². The Balaban J connectivity index is 0.000000482. The van der Waals surface area contributed by atoms with Crippen LogP contribution in [0, 0.1) is 11.3 Å². The molecule has 2 amide bonds. The van der Waals surface area contributed by atoms with Crippen LogP contribution in [0.25, 0.3) is 11.6 Å². The van der Waals surface area contributed by atoms with Gasteiger partial charge in [-0.2, -0.15) is 5.26 Å². The van der Waals surface area contributed by atoms with E-state index in [0.717, 1.165) is 5.56 Å². The van der Waals surface area contributed by atoms with E-state index in [1.807, 2.05) is 6.07 Å². The van der Waals surface area contributed by atoms with Crippen LogP contribution >= 0.6 is 0 Å². The summed E-state index contributed by atoms with van der Waals surface area (Å²) in [4.78, 5) is 21.0. The Labute approximate surface area is 216 Å². The van der Waals surface area contributed by atoms with E-state index < -0.39 is 17.6 Å². The standard InChI is InChI=1S/C19H20N2O4.C7H14N2O3/c1-22-16-6-5-12(8-15(16)21)7-14(11-20)13-9-17(23-2)19(25-4)18(10-13)24-3;1-7(2,3)12-6(11)9-4-5(8)10/h5-10H,21H2,1-4H3;4H2,1-3H3,(H2,8,10)(H,9,11). The van der Waals surface area contributed by atoms with Gasteiger partial charge in [0.15, 0.2) is 11.5 Å². The van der Waals surface area contributed by atoms with Gasteiger partial charge in [0.05, 0.1) is 52.3 Å². The lowest BCUT2D eigenvalue weighted by atomic mass is 10.0. The van der Waals surface area contributed by atoms with Gasteiger partial charge in [-0.05, 0) is 62.2 Å². The van der Waals surface area contributed by atoms with E-state index in [4.69, 9.17) is 35.2 Å². The zero-order valence-electron chi connectivity index (χ0n) is 22.1. The van der Waals surface area contributed by atoms with Gasteiger partial charge in [0.1, 0.15) is 11.4 Å². The van der Waals surface area contributed by atoms with Crippen LogP contribution in [-0.4, -0.2) is 52.6 Å². The number of allylic oxidation sites excluding steroid dienone is 1. The number of nitriles is 1. The minimum absolute atomic E-state index is 0.199. The van der Waals surface area contributed by atoms with Crippen molar-refractivity contribution in [1.29, 1.82) is 5.26 Å². The van der Waals surface area contributed by atoms with Crippen LogP contribution in [0.2, 0.25) is 0 Å². The summed E-state index contributed by atoms with van der Waals surface area (Å²) < 4.78 is 25.9. The quantitative estimate of drug-likeness (QED) is 0.272. The van der Waals surface area contributed by atoms with Crippen LogP contribution in [-0.2, 0) is 9.53 Å². The van der Waals surface area contributed by atoms with Crippen molar-refractivity contribution in [2.45, 2.75) is 26.4 Å². The average Bonchev–Trinajstić information content (AvgIpc) is 2.84. The van der Waals surface area contributed by atoms with Gasteiger partial charge in [-0.15, -0.1) is 0 Å². The van der Waals surface area contributed by atoms with Gasteiger partial charge in [-0.25, -0.2) is 4.79 Å². The number of nitrogens with one attached hydrogen (secondary N) is 1. The molecule has 0 bridgehead atoms. The predicted octanol–water partition coefficient (Wildman–Crippen LogP) is 3.36. The second-order valence-electron chi connectivity index (χ2n) is 8.41. The number of primary amides is 1. The fourth-order valence-corrected chi connectivity index (χ4v) is 2.90. The highest BCUT2D eigenvalue weighted by molar-refractivity contribution is 5.91. The number of nitrogens with two attached hydrogens (primary N) is 2. The van der Waals surface area contributed by atoms with Gasteiger partial charge in [-0.3, -0.25) is 4.79 Å². The molecule has 2 rings (SSSR count). The normalized spacial score (nSPS) is 10.7. The van der Waals surface area contributed by atoms with Gasteiger partial charge < -0.3 is 40.5 Å². The van der Waals surface area contributed by atoms with E-state index in [2.05, 4.69) is 11.4 Å². The lowest BCUT2D eigenvalue weighted by Gasteiger charge is -2.19. The minimum Gasteiger partial charge on any atom is -0.495 e. The molecule has 0 atom stereocenters. The van der Waals surface area contributed by atoms with E-state index in [1.165, 1.54) is 21.3 Å². The Kier molecular flexibility index (Phi) is 11.6. The number of ether oxygens (including phenoxy) is 5. The first-order valence-electron chi connectivity index (χ1n) is 11.0. The van der Waals surface area contributed by atoms with E-state index in [0.29, 0.717) is 39.8 Å². The Morgan fingerprint density at radius 1 is 0.973 bits per heavy atom. The van der Waals surface area contributed by atoms with Crippen LogP contribution in [0.15, 0.2) is 30.3 Å². The van der Waals surface area contributed by atoms with Crippen LogP contribution in [0.5, 0.6) is 23.0 Å². The fourth-order valence-electron chi connectivity index (χ4n) is 2.90. The van der Waals surface area contributed by atoms with Crippen molar-refractivity contribution in [1.82, 2.24) is 5.32 Å². The number of nitrogens with zero attached hydrogens (tertiary/aromatic N) is 1. The topological polar surface area (TPSA) is 168 Å². The number of carbonyl (C=O) groups is 2. The average molecular weight is 515 g/mol.